The smallest absolute Gasteiger partial charge is 0.323 e. The minimum Gasteiger partial charge on any atom is -0.493 e. The van der Waals surface area contributed by atoms with E-state index in [4.69, 9.17) is 14.9 Å². The Morgan fingerprint density at radius 3 is 3.07 bits per heavy atom. The van der Waals surface area contributed by atoms with Crippen LogP contribution in [0.1, 0.15) is 5.69 Å². The lowest BCUT2D eigenvalue weighted by atomic mass is 10.5. The van der Waals surface area contributed by atoms with Gasteiger partial charge < -0.3 is 14.9 Å². The zero-order valence-corrected chi connectivity index (χ0v) is 7.67. The molecule has 0 aliphatic rings. The van der Waals surface area contributed by atoms with Crippen molar-refractivity contribution in [3.8, 4) is 11.8 Å². The van der Waals surface area contributed by atoms with Gasteiger partial charge in [-0.2, -0.15) is 14.8 Å². The minimum absolute atomic E-state index is 0.349. The molecule has 0 bridgehead atoms. The fourth-order valence-corrected chi connectivity index (χ4v) is 1.01. The molecule has 0 saturated carbocycles. The molecule has 14 heavy (non-hydrogen) atoms. The first-order valence-electron chi connectivity index (χ1n) is 4.07. The number of ether oxygens (including phenoxy) is 1. The second-order valence-electron chi connectivity index (χ2n) is 2.65. The number of hydrogen-bond acceptors (Lipinski definition) is 5. The lowest BCUT2D eigenvalue weighted by molar-refractivity contribution is 0.414. The van der Waals surface area contributed by atoms with E-state index < -0.39 is 0 Å². The maximum Gasteiger partial charge on any atom is 0.323 e. The lowest BCUT2D eigenvalue weighted by Crippen LogP contribution is -1.98. The number of methoxy groups -OCH3 is 1. The molecule has 2 rings (SSSR count). The highest BCUT2D eigenvalue weighted by molar-refractivity contribution is 5.18. The van der Waals surface area contributed by atoms with E-state index in [2.05, 4.69) is 10.1 Å². The maximum absolute atomic E-state index is 5.40. The Morgan fingerprint density at radius 2 is 2.50 bits per heavy atom. The van der Waals surface area contributed by atoms with E-state index in [9.17, 15) is 0 Å². The average molecular weight is 194 g/mol. The molecule has 0 atom stereocenters. The fourth-order valence-electron chi connectivity index (χ4n) is 1.01. The second kappa shape index (κ2) is 3.51. The Morgan fingerprint density at radius 1 is 1.64 bits per heavy atom. The van der Waals surface area contributed by atoms with Gasteiger partial charge in [0.25, 0.3) is 0 Å². The predicted molar refractivity (Wildman–Crippen MR) is 48.1 cm³/mol. The molecule has 2 heterocycles. The summed E-state index contributed by atoms with van der Waals surface area (Å²) >= 11 is 0. The zero-order chi connectivity index (χ0) is 9.97. The van der Waals surface area contributed by atoms with Gasteiger partial charge in [-0.15, -0.1) is 0 Å². The highest BCUT2D eigenvalue weighted by atomic mass is 16.5. The summed E-state index contributed by atoms with van der Waals surface area (Å²) in [7, 11) is 1.57. The first kappa shape index (κ1) is 8.76. The molecule has 74 valence electrons. The standard InChI is InChI=1S/C8H10N4O2/c1-13-7-3-10-12(4-7)8-11-6(2-9)5-14-8/h3-5H,2,9H2,1H3. The predicted octanol–water partition coefficient (Wildman–Crippen LogP) is 0.328. The van der Waals surface area contributed by atoms with Crippen molar-refractivity contribution in [3.63, 3.8) is 0 Å². The normalized spacial score (nSPS) is 10.4. The number of aromatic nitrogens is 3. The van der Waals surface area contributed by atoms with Crippen LogP contribution in [-0.2, 0) is 6.54 Å². The van der Waals surface area contributed by atoms with Crippen molar-refractivity contribution < 1.29 is 9.15 Å². The van der Waals surface area contributed by atoms with Crippen molar-refractivity contribution in [2.24, 2.45) is 5.73 Å². The van der Waals surface area contributed by atoms with Gasteiger partial charge in [-0.05, 0) is 0 Å². The highest BCUT2D eigenvalue weighted by Crippen LogP contribution is 2.12. The zero-order valence-electron chi connectivity index (χ0n) is 7.67. The molecule has 0 amide bonds. The average Bonchev–Trinajstić information content (AvgIpc) is 2.86. The van der Waals surface area contributed by atoms with Crippen molar-refractivity contribution in [1.29, 1.82) is 0 Å². The quantitative estimate of drug-likeness (QED) is 0.761. The van der Waals surface area contributed by atoms with Crippen LogP contribution < -0.4 is 10.5 Å². The van der Waals surface area contributed by atoms with Gasteiger partial charge in [-0.25, -0.2) is 0 Å². The van der Waals surface area contributed by atoms with Crippen LogP contribution in [0.3, 0.4) is 0 Å². The van der Waals surface area contributed by atoms with Crippen molar-refractivity contribution in [2.75, 3.05) is 7.11 Å². The van der Waals surface area contributed by atoms with Gasteiger partial charge >= 0.3 is 6.01 Å². The fraction of sp³-hybridized carbons (Fsp3) is 0.250. The van der Waals surface area contributed by atoms with Gasteiger partial charge in [0.2, 0.25) is 0 Å². The molecule has 0 aliphatic heterocycles. The van der Waals surface area contributed by atoms with E-state index >= 15 is 0 Å². The molecular formula is C8H10N4O2. The van der Waals surface area contributed by atoms with Crippen LogP contribution >= 0.6 is 0 Å². The van der Waals surface area contributed by atoms with Gasteiger partial charge in [0.1, 0.15) is 6.26 Å². The molecule has 0 saturated heterocycles. The molecule has 0 spiro atoms. The Bertz CT molecular complexity index is 380. The highest BCUT2D eigenvalue weighted by Gasteiger charge is 2.06. The van der Waals surface area contributed by atoms with Crippen LogP contribution in [-0.4, -0.2) is 21.9 Å². The van der Waals surface area contributed by atoms with E-state index in [1.54, 1.807) is 19.5 Å². The Labute approximate surface area is 80.3 Å². The Kier molecular flexibility index (Phi) is 2.19. The summed E-state index contributed by atoms with van der Waals surface area (Å²) in [5.74, 6) is 0.650. The van der Waals surface area contributed by atoms with E-state index in [0.29, 0.717) is 24.0 Å². The van der Waals surface area contributed by atoms with E-state index in [0.717, 1.165) is 0 Å². The number of hydrogen-bond donors (Lipinski definition) is 1. The Hall–Kier alpha value is -1.82. The molecule has 0 fully saturated rings. The molecular weight excluding hydrogens is 184 g/mol. The summed E-state index contributed by atoms with van der Waals surface area (Å²) in [6.07, 6.45) is 4.75. The number of nitrogens with zero attached hydrogens (tertiary/aromatic N) is 3. The first-order valence-corrected chi connectivity index (χ1v) is 4.07. The molecule has 0 unspecified atom stereocenters. The minimum atomic E-state index is 0.349. The molecule has 0 aromatic carbocycles. The maximum atomic E-state index is 5.40. The van der Waals surface area contributed by atoms with Gasteiger partial charge in [-0.1, -0.05) is 0 Å². The van der Waals surface area contributed by atoms with Crippen molar-refractivity contribution in [1.82, 2.24) is 14.8 Å². The number of rotatable bonds is 3. The van der Waals surface area contributed by atoms with Gasteiger partial charge in [0.05, 0.1) is 25.2 Å². The van der Waals surface area contributed by atoms with Crippen molar-refractivity contribution >= 4 is 0 Å². The summed E-state index contributed by atoms with van der Waals surface area (Å²) in [5.41, 5.74) is 6.09. The van der Waals surface area contributed by atoms with Crippen LogP contribution in [0, 0.1) is 0 Å². The monoisotopic (exact) mass is 194 g/mol. The molecule has 2 N–H and O–H groups in total. The van der Waals surface area contributed by atoms with E-state index in [-0.39, 0.29) is 0 Å². The van der Waals surface area contributed by atoms with Gasteiger partial charge in [0, 0.05) is 6.54 Å². The van der Waals surface area contributed by atoms with E-state index in [1.165, 1.54) is 10.9 Å². The van der Waals surface area contributed by atoms with Crippen molar-refractivity contribution in [2.45, 2.75) is 6.54 Å². The van der Waals surface area contributed by atoms with Crippen LogP contribution in [0.15, 0.2) is 23.1 Å². The molecule has 6 nitrogen and oxygen atoms in total. The summed E-state index contributed by atoms with van der Waals surface area (Å²) in [4.78, 5) is 4.10. The summed E-state index contributed by atoms with van der Waals surface area (Å²) in [6, 6.07) is 0.383. The molecule has 2 aromatic heterocycles. The van der Waals surface area contributed by atoms with Crippen LogP contribution in [0.5, 0.6) is 5.75 Å². The third kappa shape index (κ3) is 1.47. The SMILES string of the molecule is COc1cnn(-c2nc(CN)co2)c1. The van der Waals surface area contributed by atoms with Gasteiger partial charge in [-0.3, -0.25) is 0 Å². The number of nitrogens with two attached hydrogens (primary N) is 1. The third-order valence-electron chi connectivity index (χ3n) is 1.74. The molecule has 2 aromatic rings. The lowest BCUT2D eigenvalue weighted by Gasteiger charge is -1.91. The van der Waals surface area contributed by atoms with Crippen LogP contribution in [0.4, 0.5) is 0 Å². The van der Waals surface area contributed by atoms with Gasteiger partial charge in [0.15, 0.2) is 5.75 Å². The topological polar surface area (TPSA) is 79.1 Å². The summed E-state index contributed by atoms with van der Waals surface area (Å²) < 4.78 is 11.6. The second-order valence-corrected chi connectivity index (χ2v) is 2.65. The van der Waals surface area contributed by atoms with Crippen LogP contribution in [0.25, 0.3) is 6.01 Å². The van der Waals surface area contributed by atoms with E-state index in [1.807, 2.05) is 0 Å². The number of oxazole rings is 1. The first-order chi connectivity index (χ1) is 6.83. The van der Waals surface area contributed by atoms with Crippen molar-refractivity contribution in [3.05, 3.63) is 24.4 Å². The molecule has 6 heteroatoms. The van der Waals surface area contributed by atoms with Crippen LogP contribution in [0.2, 0.25) is 0 Å². The summed E-state index contributed by atoms with van der Waals surface area (Å²) in [5, 5.41) is 4.00. The Balaban J connectivity index is 2.29. The molecule has 0 radical (unpaired) electrons. The third-order valence-corrected chi connectivity index (χ3v) is 1.74. The molecule has 0 aliphatic carbocycles. The summed E-state index contributed by atoms with van der Waals surface area (Å²) in [6.45, 7) is 0.349. The largest absolute Gasteiger partial charge is 0.493 e.